The highest BCUT2D eigenvalue weighted by Crippen LogP contribution is 2.29. The molecule has 0 aliphatic carbocycles. The van der Waals surface area contributed by atoms with Crippen LogP contribution >= 0.6 is 0 Å². The standard InChI is InChI=1S/C18H21N3O5S/c1-20(2)17(13-3-8-18-14(11-13)9-10-26-18)12-19-27(24,25)16-6-4-15(5-7-16)21(22)23/h3-8,11,17,19H,9-10,12H2,1-2H3. The average molecular weight is 391 g/mol. The number of nitrogens with zero attached hydrogens (tertiary/aromatic N) is 2. The lowest BCUT2D eigenvalue weighted by atomic mass is 10.0. The summed E-state index contributed by atoms with van der Waals surface area (Å²) >= 11 is 0. The summed E-state index contributed by atoms with van der Waals surface area (Å²) in [6, 6.07) is 10.6. The van der Waals surface area contributed by atoms with Crippen LogP contribution in [0.4, 0.5) is 5.69 Å². The Hall–Kier alpha value is -2.49. The molecule has 0 saturated carbocycles. The number of rotatable bonds is 7. The molecule has 0 amide bonds. The van der Waals surface area contributed by atoms with E-state index in [0.29, 0.717) is 6.61 Å². The van der Waals surface area contributed by atoms with E-state index in [9.17, 15) is 18.5 Å². The first-order valence-corrected chi connectivity index (χ1v) is 9.92. The van der Waals surface area contributed by atoms with Gasteiger partial charge in [-0.1, -0.05) is 12.1 Å². The molecule has 0 saturated heterocycles. The first kappa shape index (κ1) is 19.3. The molecule has 0 bridgehead atoms. The SMILES string of the molecule is CN(C)C(CNS(=O)(=O)c1ccc([N+](=O)[O-])cc1)c1ccc2c(c1)CCO2. The number of hydrogen-bond donors (Lipinski definition) is 1. The molecule has 9 heteroatoms. The van der Waals surface area contributed by atoms with Gasteiger partial charge >= 0.3 is 0 Å². The predicted molar refractivity (Wildman–Crippen MR) is 100 cm³/mol. The number of nitro benzene ring substituents is 1. The first-order valence-electron chi connectivity index (χ1n) is 8.44. The van der Waals surface area contributed by atoms with Crippen LogP contribution in [-0.4, -0.2) is 45.5 Å². The van der Waals surface area contributed by atoms with E-state index < -0.39 is 14.9 Å². The van der Waals surface area contributed by atoms with Crippen LogP contribution in [0.1, 0.15) is 17.2 Å². The van der Waals surface area contributed by atoms with Crippen molar-refractivity contribution >= 4 is 15.7 Å². The van der Waals surface area contributed by atoms with Crippen molar-refractivity contribution in [1.82, 2.24) is 9.62 Å². The lowest BCUT2D eigenvalue weighted by Gasteiger charge is -2.25. The summed E-state index contributed by atoms with van der Waals surface area (Å²) in [5.74, 6) is 0.878. The Labute approximate surface area is 158 Å². The molecule has 1 aliphatic rings. The highest BCUT2D eigenvalue weighted by molar-refractivity contribution is 7.89. The van der Waals surface area contributed by atoms with E-state index in [4.69, 9.17) is 4.74 Å². The number of hydrogen-bond acceptors (Lipinski definition) is 6. The van der Waals surface area contributed by atoms with E-state index >= 15 is 0 Å². The summed E-state index contributed by atoms with van der Waals surface area (Å²) in [6.45, 7) is 0.837. The Morgan fingerprint density at radius 2 is 1.93 bits per heavy atom. The van der Waals surface area contributed by atoms with Gasteiger partial charge in [0.25, 0.3) is 5.69 Å². The maximum absolute atomic E-state index is 12.5. The van der Waals surface area contributed by atoms with Gasteiger partial charge in [0, 0.05) is 31.1 Å². The van der Waals surface area contributed by atoms with Crippen LogP contribution in [0.3, 0.4) is 0 Å². The summed E-state index contributed by atoms with van der Waals surface area (Å²) in [5.41, 5.74) is 1.97. The molecule has 0 radical (unpaired) electrons. The molecule has 3 rings (SSSR count). The molecular weight excluding hydrogens is 370 g/mol. The van der Waals surface area contributed by atoms with Crippen molar-refractivity contribution in [2.75, 3.05) is 27.2 Å². The van der Waals surface area contributed by atoms with Crippen molar-refractivity contribution in [3.8, 4) is 5.75 Å². The lowest BCUT2D eigenvalue weighted by Crippen LogP contribution is -2.34. The van der Waals surface area contributed by atoms with Gasteiger partial charge in [-0.05, 0) is 43.4 Å². The van der Waals surface area contributed by atoms with Gasteiger partial charge in [-0.2, -0.15) is 0 Å². The van der Waals surface area contributed by atoms with Crippen LogP contribution in [0.2, 0.25) is 0 Å². The van der Waals surface area contributed by atoms with Crippen molar-refractivity contribution in [3.05, 3.63) is 63.7 Å². The van der Waals surface area contributed by atoms with Gasteiger partial charge in [-0.3, -0.25) is 10.1 Å². The van der Waals surface area contributed by atoms with E-state index in [-0.39, 0.29) is 23.2 Å². The zero-order valence-electron chi connectivity index (χ0n) is 15.1. The van der Waals surface area contributed by atoms with Crippen LogP contribution in [0.15, 0.2) is 47.4 Å². The molecule has 0 fully saturated rings. The number of likely N-dealkylation sites (N-methyl/N-ethyl adjacent to an activating group) is 1. The minimum Gasteiger partial charge on any atom is -0.493 e. The number of benzene rings is 2. The van der Waals surface area contributed by atoms with Gasteiger partial charge in [0.1, 0.15) is 5.75 Å². The van der Waals surface area contributed by atoms with E-state index in [2.05, 4.69) is 4.72 Å². The van der Waals surface area contributed by atoms with Gasteiger partial charge in [0.2, 0.25) is 10.0 Å². The van der Waals surface area contributed by atoms with Gasteiger partial charge in [0.15, 0.2) is 0 Å². The second kappa shape index (κ2) is 7.63. The van der Waals surface area contributed by atoms with Crippen LogP contribution < -0.4 is 9.46 Å². The van der Waals surface area contributed by atoms with E-state index in [1.165, 1.54) is 24.3 Å². The number of ether oxygens (including phenoxy) is 1. The summed E-state index contributed by atoms with van der Waals surface area (Å²) in [7, 11) is -0.00778. The monoisotopic (exact) mass is 391 g/mol. The molecule has 2 aromatic rings. The number of non-ortho nitro benzene ring substituents is 1. The number of nitro groups is 1. The minimum absolute atomic E-state index is 0.00652. The Bertz CT molecular complexity index is 942. The maximum Gasteiger partial charge on any atom is 0.269 e. The van der Waals surface area contributed by atoms with Crippen molar-refractivity contribution < 1.29 is 18.1 Å². The van der Waals surface area contributed by atoms with E-state index in [1.807, 2.05) is 37.2 Å². The van der Waals surface area contributed by atoms with Crippen molar-refractivity contribution in [3.63, 3.8) is 0 Å². The second-order valence-corrected chi connectivity index (χ2v) is 8.31. The molecule has 1 unspecified atom stereocenters. The zero-order chi connectivity index (χ0) is 19.6. The molecular formula is C18H21N3O5S. The normalized spacial score (nSPS) is 14.6. The zero-order valence-corrected chi connectivity index (χ0v) is 15.9. The largest absolute Gasteiger partial charge is 0.493 e. The number of sulfonamides is 1. The summed E-state index contributed by atoms with van der Waals surface area (Å²) in [6.07, 6.45) is 0.845. The van der Waals surface area contributed by atoms with Crippen LogP contribution in [0.5, 0.6) is 5.75 Å². The van der Waals surface area contributed by atoms with Crippen molar-refractivity contribution in [2.24, 2.45) is 0 Å². The van der Waals surface area contributed by atoms with E-state index in [0.717, 1.165) is 23.3 Å². The summed E-state index contributed by atoms with van der Waals surface area (Å²) in [5, 5.41) is 10.7. The number of nitrogens with one attached hydrogen (secondary N) is 1. The third kappa shape index (κ3) is 4.26. The summed E-state index contributed by atoms with van der Waals surface area (Å²) < 4.78 is 33.2. The van der Waals surface area contributed by atoms with Gasteiger partial charge < -0.3 is 9.64 Å². The lowest BCUT2D eigenvalue weighted by molar-refractivity contribution is -0.384. The van der Waals surface area contributed by atoms with Crippen LogP contribution in [0.25, 0.3) is 0 Å². The Morgan fingerprint density at radius 1 is 1.22 bits per heavy atom. The Morgan fingerprint density at radius 3 is 2.56 bits per heavy atom. The summed E-state index contributed by atoms with van der Waals surface area (Å²) in [4.78, 5) is 12.1. The second-order valence-electron chi connectivity index (χ2n) is 6.55. The fourth-order valence-electron chi connectivity index (χ4n) is 3.03. The average Bonchev–Trinajstić information content (AvgIpc) is 3.09. The van der Waals surface area contributed by atoms with Gasteiger partial charge in [-0.15, -0.1) is 0 Å². The molecule has 0 aromatic heterocycles. The van der Waals surface area contributed by atoms with Gasteiger partial charge in [0.05, 0.1) is 16.4 Å². The van der Waals surface area contributed by atoms with Gasteiger partial charge in [-0.25, -0.2) is 13.1 Å². The van der Waals surface area contributed by atoms with Crippen molar-refractivity contribution in [2.45, 2.75) is 17.4 Å². The smallest absolute Gasteiger partial charge is 0.269 e. The fourth-order valence-corrected chi connectivity index (χ4v) is 4.07. The van der Waals surface area contributed by atoms with Crippen LogP contribution in [0, 0.1) is 10.1 Å². The molecule has 1 atom stereocenters. The molecule has 1 aliphatic heterocycles. The Kier molecular flexibility index (Phi) is 5.45. The molecule has 1 N–H and O–H groups in total. The van der Waals surface area contributed by atoms with Crippen molar-refractivity contribution in [1.29, 1.82) is 0 Å². The highest BCUT2D eigenvalue weighted by Gasteiger charge is 2.22. The molecule has 2 aromatic carbocycles. The molecule has 27 heavy (non-hydrogen) atoms. The maximum atomic E-state index is 12.5. The predicted octanol–water partition coefficient (Wildman–Crippen LogP) is 2.11. The third-order valence-electron chi connectivity index (χ3n) is 4.55. The minimum atomic E-state index is -3.77. The van der Waals surface area contributed by atoms with E-state index in [1.54, 1.807) is 0 Å². The Balaban J connectivity index is 1.76. The molecule has 8 nitrogen and oxygen atoms in total. The molecule has 144 valence electrons. The molecule has 0 spiro atoms. The van der Waals surface area contributed by atoms with Crippen LogP contribution in [-0.2, 0) is 16.4 Å². The fraction of sp³-hybridized carbons (Fsp3) is 0.333. The quantitative estimate of drug-likeness (QED) is 0.573. The first-order chi connectivity index (χ1) is 12.8. The topological polar surface area (TPSA) is 102 Å². The third-order valence-corrected chi connectivity index (χ3v) is 5.99. The molecule has 1 heterocycles. The number of fused-ring (bicyclic) bond motifs is 1. The highest BCUT2D eigenvalue weighted by atomic mass is 32.2.